The molecule has 0 heteroatoms. The zero-order chi connectivity index (χ0) is 10.6. The summed E-state index contributed by atoms with van der Waals surface area (Å²) in [6.07, 6.45) is 3.60. The van der Waals surface area contributed by atoms with Gasteiger partial charge in [-0.2, -0.15) is 0 Å². The highest BCUT2D eigenvalue weighted by Gasteiger charge is 2.27. The molecular weight excluding hydrogens is 168 g/mol. The molecular formula is C14H21. The Labute approximate surface area is 88.4 Å². The van der Waals surface area contributed by atoms with E-state index in [2.05, 4.69) is 52.0 Å². The third-order valence-corrected chi connectivity index (χ3v) is 3.62. The van der Waals surface area contributed by atoms with E-state index >= 15 is 0 Å². The maximum atomic E-state index is 4.13. The van der Waals surface area contributed by atoms with Gasteiger partial charge in [0.05, 0.1) is 0 Å². The average Bonchev–Trinajstić information content (AvgIpc) is 2.24. The fraction of sp³-hybridized carbons (Fsp3) is 0.500. The molecule has 0 aliphatic carbocycles. The molecule has 0 saturated heterocycles. The van der Waals surface area contributed by atoms with Crippen LogP contribution in [0.4, 0.5) is 0 Å². The summed E-state index contributed by atoms with van der Waals surface area (Å²) >= 11 is 0. The Kier molecular flexibility index (Phi) is 3.74. The molecule has 1 rings (SSSR count). The van der Waals surface area contributed by atoms with Gasteiger partial charge in [-0.1, -0.05) is 45.0 Å². The third-order valence-electron chi connectivity index (χ3n) is 3.62. The van der Waals surface area contributed by atoms with Gasteiger partial charge in [-0.05, 0) is 42.7 Å². The van der Waals surface area contributed by atoms with Crippen molar-refractivity contribution in [2.45, 2.75) is 45.4 Å². The zero-order valence-corrected chi connectivity index (χ0v) is 9.64. The van der Waals surface area contributed by atoms with Crippen LogP contribution in [0.5, 0.6) is 0 Å². The summed E-state index contributed by atoms with van der Waals surface area (Å²) in [6, 6.07) is 8.54. The molecule has 0 unspecified atom stereocenters. The lowest BCUT2D eigenvalue weighted by atomic mass is 9.72. The first-order valence-electron chi connectivity index (χ1n) is 5.61. The first-order chi connectivity index (χ1) is 6.70. The van der Waals surface area contributed by atoms with Gasteiger partial charge in [-0.3, -0.25) is 0 Å². The second-order valence-electron chi connectivity index (χ2n) is 4.00. The van der Waals surface area contributed by atoms with Crippen LogP contribution >= 0.6 is 0 Å². The monoisotopic (exact) mass is 189 g/mol. The lowest BCUT2D eigenvalue weighted by Crippen LogP contribution is -2.24. The molecule has 0 heterocycles. The maximum absolute atomic E-state index is 4.13. The van der Waals surface area contributed by atoms with E-state index in [9.17, 15) is 0 Å². The van der Waals surface area contributed by atoms with Crippen molar-refractivity contribution in [3.63, 3.8) is 0 Å². The van der Waals surface area contributed by atoms with Gasteiger partial charge in [0.2, 0.25) is 0 Å². The smallest absolute Gasteiger partial charge is 0.00521 e. The molecule has 1 aromatic carbocycles. The molecule has 0 atom stereocenters. The lowest BCUT2D eigenvalue weighted by molar-refractivity contribution is 0.380. The van der Waals surface area contributed by atoms with Gasteiger partial charge in [0, 0.05) is 0 Å². The molecule has 77 valence electrons. The van der Waals surface area contributed by atoms with Crippen LogP contribution in [0.2, 0.25) is 0 Å². The van der Waals surface area contributed by atoms with Crippen LogP contribution in [-0.2, 0) is 5.41 Å². The van der Waals surface area contributed by atoms with Gasteiger partial charge in [-0.25, -0.2) is 0 Å². The van der Waals surface area contributed by atoms with Crippen molar-refractivity contribution in [1.29, 1.82) is 0 Å². The number of hydrogen-bond donors (Lipinski definition) is 0. The van der Waals surface area contributed by atoms with E-state index in [0.29, 0.717) is 5.41 Å². The predicted molar refractivity (Wildman–Crippen MR) is 63.5 cm³/mol. The van der Waals surface area contributed by atoms with Crippen molar-refractivity contribution in [3.05, 3.63) is 42.3 Å². The summed E-state index contributed by atoms with van der Waals surface area (Å²) in [5.41, 5.74) is 2.98. The lowest BCUT2D eigenvalue weighted by Gasteiger charge is -2.32. The largest absolute Gasteiger partial charge is 0.0645 e. The third kappa shape index (κ3) is 1.84. The minimum Gasteiger partial charge on any atom is -0.0645 e. The van der Waals surface area contributed by atoms with Crippen LogP contribution in [0.25, 0.3) is 0 Å². The standard InChI is InChI=1S/C14H21/c1-5-14(6-2,7-3)13-11-9-8-10-12(13)4/h8-11H,4-7H2,1-3H3. The first-order valence-corrected chi connectivity index (χ1v) is 5.61. The average molecular weight is 189 g/mol. The van der Waals surface area contributed by atoms with Crippen molar-refractivity contribution in [1.82, 2.24) is 0 Å². The van der Waals surface area contributed by atoms with Crippen LogP contribution in [0, 0.1) is 6.92 Å². The summed E-state index contributed by atoms with van der Waals surface area (Å²) in [6.45, 7) is 11.0. The summed E-state index contributed by atoms with van der Waals surface area (Å²) < 4.78 is 0. The zero-order valence-electron chi connectivity index (χ0n) is 9.64. The van der Waals surface area contributed by atoms with E-state index in [4.69, 9.17) is 0 Å². The number of hydrogen-bond acceptors (Lipinski definition) is 0. The Morgan fingerprint density at radius 2 is 1.50 bits per heavy atom. The number of rotatable bonds is 4. The van der Waals surface area contributed by atoms with E-state index in [0.717, 1.165) is 0 Å². The van der Waals surface area contributed by atoms with E-state index < -0.39 is 0 Å². The fourth-order valence-electron chi connectivity index (χ4n) is 2.36. The van der Waals surface area contributed by atoms with Crippen LogP contribution in [0.15, 0.2) is 24.3 Å². The minimum atomic E-state index is 0.346. The molecule has 1 radical (unpaired) electrons. The molecule has 0 spiro atoms. The van der Waals surface area contributed by atoms with E-state index in [-0.39, 0.29) is 0 Å². The highest BCUT2D eigenvalue weighted by atomic mass is 14.3. The van der Waals surface area contributed by atoms with E-state index in [1.54, 1.807) is 0 Å². The number of benzene rings is 1. The quantitative estimate of drug-likeness (QED) is 0.661. The van der Waals surface area contributed by atoms with Crippen molar-refractivity contribution in [3.8, 4) is 0 Å². The maximum Gasteiger partial charge on any atom is -0.00521 e. The topological polar surface area (TPSA) is 0 Å². The van der Waals surface area contributed by atoms with E-state index in [1.807, 2.05) is 0 Å². The molecule has 0 aliphatic rings. The highest BCUT2D eigenvalue weighted by Crippen LogP contribution is 2.36. The van der Waals surface area contributed by atoms with Gasteiger partial charge < -0.3 is 0 Å². The Bertz CT molecular complexity index is 274. The molecule has 0 amide bonds. The SMILES string of the molecule is [CH2]c1ccccc1C(CC)(CC)CC. The highest BCUT2D eigenvalue weighted by molar-refractivity contribution is 5.36. The van der Waals surface area contributed by atoms with Crippen molar-refractivity contribution in [2.24, 2.45) is 0 Å². The first kappa shape index (κ1) is 11.3. The fourth-order valence-corrected chi connectivity index (χ4v) is 2.36. The predicted octanol–water partition coefficient (Wildman–Crippen LogP) is 4.34. The van der Waals surface area contributed by atoms with E-state index in [1.165, 1.54) is 30.4 Å². The summed E-state index contributed by atoms with van der Waals surface area (Å²) in [5.74, 6) is 0. The summed E-state index contributed by atoms with van der Waals surface area (Å²) in [5, 5.41) is 0. The van der Waals surface area contributed by atoms with Crippen LogP contribution < -0.4 is 0 Å². The molecule has 0 saturated carbocycles. The normalized spacial score (nSPS) is 11.7. The summed E-state index contributed by atoms with van der Waals surface area (Å²) in [4.78, 5) is 0. The molecule has 0 bridgehead atoms. The van der Waals surface area contributed by atoms with Gasteiger partial charge in [-0.15, -0.1) is 0 Å². The van der Waals surface area contributed by atoms with Gasteiger partial charge >= 0.3 is 0 Å². The molecule has 14 heavy (non-hydrogen) atoms. The van der Waals surface area contributed by atoms with Crippen LogP contribution in [-0.4, -0.2) is 0 Å². The molecule has 0 aliphatic heterocycles. The van der Waals surface area contributed by atoms with Gasteiger partial charge in [0.1, 0.15) is 0 Å². The second-order valence-corrected chi connectivity index (χ2v) is 4.00. The van der Waals surface area contributed by atoms with Crippen molar-refractivity contribution < 1.29 is 0 Å². The molecule has 0 N–H and O–H groups in total. The van der Waals surface area contributed by atoms with Crippen LogP contribution in [0.3, 0.4) is 0 Å². The van der Waals surface area contributed by atoms with Crippen LogP contribution in [0.1, 0.15) is 51.2 Å². The summed E-state index contributed by atoms with van der Waals surface area (Å²) in [7, 11) is 0. The molecule has 0 fully saturated rings. The molecule has 0 aromatic heterocycles. The van der Waals surface area contributed by atoms with Gasteiger partial charge in [0.25, 0.3) is 0 Å². The van der Waals surface area contributed by atoms with Crippen molar-refractivity contribution >= 4 is 0 Å². The Morgan fingerprint density at radius 1 is 1.00 bits per heavy atom. The Hall–Kier alpha value is -0.780. The minimum absolute atomic E-state index is 0.346. The Balaban J connectivity index is 3.17. The second kappa shape index (κ2) is 4.63. The molecule has 1 aromatic rings. The Morgan fingerprint density at radius 3 is 1.93 bits per heavy atom. The molecule has 0 nitrogen and oxygen atoms in total. The van der Waals surface area contributed by atoms with Gasteiger partial charge in [0.15, 0.2) is 0 Å². The van der Waals surface area contributed by atoms with Crippen molar-refractivity contribution in [2.75, 3.05) is 0 Å².